The van der Waals surface area contributed by atoms with E-state index in [0.29, 0.717) is 24.6 Å². The second kappa shape index (κ2) is 16.5. The van der Waals surface area contributed by atoms with Gasteiger partial charge >= 0.3 is 0 Å². The summed E-state index contributed by atoms with van der Waals surface area (Å²) < 4.78 is 28.1. The van der Waals surface area contributed by atoms with Gasteiger partial charge in [-0.05, 0) is 94.1 Å². The number of halogens is 2. The SMILES string of the molecule is CC(=CC(=O)N(C)[C@H](Cc1ccc2ccccc2c1)C(=O)N(C)[C@H](Cc1ccc(F)c(F)c1)C(=O)NCCC1CCCN1C)CC(C)(C)N. The predicted molar refractivity (Wildman–Crippen MR) is 191 cm³/mol. The monoisotopic (exact) mass is 675 g/mol. The third-order valence-corrected chi connectivity index (χ3v) is 9.43. The van der Waals surface area contributed by atoms with E-state index < -0.39 is 41.1 Å². The molecule has 8 nitrogen and oxygen atoms in total. The summed E-state index contributed by atoms with van der Waals surface area (Å²) >= 11 is 0. The zero-order chi connectivity index (χ0) is 35.9. The molecule has 0 aromatic heterocycles. The van der Waals surface area contributed by atoms with Crippen LogP contribution in [0.15, 0.2) is 72.3 Å². The number of carbonyl (C=O) groups is 3. The summed E-state index contributed by atoms with van der Waals surface area (Å²) in [5.74, 6) is -3.24. The molecule has 3 N–H and O–H groups in total. The van der Waals surface area contributed by atoms with Crippen LogP contribution in [0.25, 0.3) is 10.8 Å². The van der Waals surface area contributed by atoms with Crippen LogP contribution < -0.4 is 11.1 Å². The van der Waals surface area contributed by atoms with Crippen molar-refractivity contribution in [3.63, 3.8) is 0 Å². The largest absolute Gasteiger partial charge is 0.354 e. The topological polar surface area (TPSA) is 99.0 Å². The Labute approximate surface area is 289 Å². The summed E-state index contributed by atoms with van der Waals surface area (Å²) in [6.07, 6.45) is 5.05. The predicted octanol–water partition coefficient (Wildman–Crippen LogP) is 5.23. The van der Waals surface area contributed by atoms with Gasteiger partial charge in [-0.3, -0.25) is 14.4 Å². The molecule has 49 heavy (non-hydrogen) atoms. The minimum absolute atomic E-state index is 0.0421. The molecule has 1 fully saturated rings. The van der Waals surface area contributed by atoms with E-state index in [1.54, 1.807) is 7.05 Å². The molecule has 1 saturated heterocycles. The first-order valence-corrected chi connectivity index (χ1v) is 17.0. The van der Waals surface area contributed by atoms with Gasteiger partial charge in [-0.2, -0.15) is 0 Å². The van der Waals surface area contributed by atoms with Crippen LogP contribution in [-0.2, 0) is 27.2 Å². The molecule has 1 aliphatic rings. The maximum atomic E-state index is 14.5. The second-order valence-electron chi connectivity index (χ2n) is 14.3. The number of nitrogens with two attached hydrogens (primary N) is 1. The summed E-state index contributed by atoms with van der Waals surface area (Å²) in [5.41, 5.74) is 7.66. The van der Waals surface area contributed by atoms with Crippen molar-refractivity contribution in [3.05, 3.63) is 95.1 Å². The lowest BCUT2D eigenvalue weighted by atomic mass is 9.96. The van der Waals surface area contributed by atoms with Gasteiger partial charge in [0.1, 0.15) is 12.1 Å². The van der Waals surface area contributed by atoms with E-state index in [1.165, 1.54) is 29.0 Å². The number of amides is 3. The number of fused-ring (bicyclic) bond motifs is 1. The third kappa shape index (κ3) is 10.4. The molecule has 3 atom stereocenters. The lowest BCUT2D eigenvalue weighted by molar-refractivity contribution is -0.146. The van der Waals surface area contributed by atoms with Gasteiger partial charge in [-0.25, -0.2) is 8.78 Å². The second-order valence-corrected chi connectivity index (χ2v) is 14.3. The molecule has 3 aromatic rings. The fraction of sp³-hybridized carbons (Fsp3) is 0.462. The average Bonchev–Trinajstić information content (AvgIpc) is 3.46. The molecule has 3 amide bonds. The molecule has 0 radical (unpaired) electrons. The van der Waals surface area contributed by atoms with Gasteiger partial charge in [0.05, 0.1) is 0 Å². The summed E-state index contributed by atoms with van der Waals surface area (Å²) in [5, 5.41) is 5.04. The Balaban J connectivity index is 1.64. The standard InChI is InChI=1S/C39H51F2N5O3/c1-26(25-39(2,3)42)20-36(47)45(5)35(24-27-13-15-29-10-7-8-11-30(29)21-27)38(49)46(6)34(23-28-14-16-32(40)33(41)22-28)37(48)43-18-17-31-12-9-19-44(31)4/h7-8,10-11,13-16,20-22,31,34-35H,9,12,17-19,23-25,42H2,1-6H3,(H,43,48)/t31?,34-,35-/m1/s1. The van der Waals surface area contributed by atoms with E-state index in [-0.39, 0.29) is 18.7 Å². The van der Waals surface area contributed by atoms with Crippen LogP contribution in [0.4, 0.5) is 8.78 Å². The number of likely N-dealkylation sites (tertiary alicyclic amines) is 1. The van der Waals surface area contributed by atoms with E-state index in [0.717, 1.165) is 59.8 Å². The Kier molecular flexibility index (Phi) is 12.7. The molecule has 4 rings (SSSR count). The first-order valence-electron chi connectivity index (χ1n) is 17.0. The number of hydrogen-bond donors (Lipinski definition) is 2. The van der Waals surface area contributed by atoms with Gasteiger partial charge in [0.15, 0.2) is 11.6 Å². The molecular formula is C39H51F2N5O3. The zero-order valence-electron chi connectivity index (χ0n) is 29.6. The zero-order valence-corrected chi connectivity index (χ0v) is 29.6. The van der Waals surface area contributed by atoms with Gasteiger partial charge in [0, 0.05) is 51.1 Å². The Hall–Kier alpha value is -4.15. The van der Waals surface area contributed by atoms with Crippen LogP contribution in [0.3, 0.4) is 0 Å². The van der Waals surface area contributed by atoms with Crippen molar-refractivity contribution in [2.45, 2.75) is 83.0 Å². The van der Waals surface area contributed by atoms with E-state index >= 15 is 0 Å². The lowest BCUT2D eigenvalue weighted by Gasteiger charge is -2.34. The molecular weight excluding hydrogens is 624 g/mol. The quantitative estimate of drug-likeness (QED) is 0.228. The average molecular weight is 676 g/mol. The van der Waals surface area contributed by atoms with Crippen molar-refractivity contribution in [1.29, 1.82) is 0 Å². The van der Waals surface area contributed by atoms with Crippen molar-refractivity contribution in [1.82, 2.24) is 20.0 Å². The third-order valence-electron chi connectivity index (χ3n) is 9.43. The number of likely N-dealkylation sites (N-methyl/N-ethyl adjacent to an activating group) is 2. The minimum atomic E-state index is -1.04. The summed E-state index contributed by atoms with van der Waals surface area (Å²) in [4.78, 5) is 47.0. The minimum Gasteiger partial charge on any atom is -0.354 e. The highest BCUT2D eigenvalue weighted by atomic mass is 19.2. The van der Waals surface area contributed by atoms with Gasteiger partial charge in [-0.1, -0.05) is 54.1 Å². The van der Waals surface area contributed by atoms with E-state index in [1.807, 2.05) is 63.2 Å². The van der Waals surface area contributed by atoms with Gasteiger partial charge in [-0.15, -0.1) is 0 Å². The molecule has 0 saturated carbocycles. The summed E-state index contributed by atoms with van der Waals surface area (Å²) in [6, 6.07) is 15.6. The van der Waals surface area contributed by atoms with E-state index in [9.17, 15) is 23.2 Å². The fourth-order valence-electron chi connectivity index (χ4n) is 6.72. The maximum absolute atomic E-state index is 14.5. The first-order chi connectivity index (χ1) is 23.1. The van der Waals surface area contributed by atoms with Crippen molar-refractivity contribution in [2.75, 3.05) is 34.2 Å². The van der Waals surface area contributed by atoms with Crippen molar-refractivity contribution >= 4 is 28.5 Å². The van der Waals surface area contributed by atoms with Crippen molar-refractivity contribution in [2.24, 2.45) is 5.73 Å². The van der Waals surface area contributed by atoms with E-state index in [2.05, 4.69) is 17.3 Å². The number of rotatable bonds is 14. The molecule has 1 unspecified atom stereocenters. The number of hydrogen-bond acceptors (Lipinski definition) is 5. The van der Waals surface area contributed by atoms with Gasteiger partial charge in [0.25, 0.3) is 0 Å². The van der Waals surface area contributed by atoms with Crippen molar-refractivity contribution < 1.29 is 23.2 Å². The normalized spacial score (nSPS) is 16.8. The molecule has 0 bridgehead atoms. The van der Waals surface area contributed by atoms with Crippen LogP contribution in [0.2, 0.25) is 0 Å². The highest BCUT2D eigenvalue weighted by molar-refractivity contribution is 5.95. The van der Waals surface area contributed by atoms with Crippen LogP contribution in [0, 0.1) is 11.6 Å². The van der Waals surface area contributed by atoms with Crippen molar-refractivity contribution in [3.8, 4) is 0 Å². The van der Waals surface area contributed by atoms with E-state index in [4.69, 9.17) is 5.73 Å². The van der Waals surface area contributed by atoms with Crippen LogP contribution in [0.5, 0.6) is 0 Å². The highest BCUT2D eigenvalue weighted by Gasteiger charge is 2.35. The van der Waals surface area contributed by atoms with Crippen LogP contribution >= 0.6 is 0 Å². The molecule has 10 heteroatoms. The molecule has 0 spiro atoms. The molecule has 264 valence electrons. The molecule has 3 aromatic carbocycles. The number of carbonyl (C=O) groups excluding carboxylic acids is 3. The fourth-order valence-corrected chi connectivity index (χ4v) is 6.72. The first kappa shape index (κ1) is 37.7. The Morgan fingerprint density at radius 2 is 1.61 bits per heavy atom. The Morgan fingerprint density at radius 1 is 0.959 bits per heavy atom. The molecule has 1 aliphatic heterocycles. The molecule has 0 aliphatic carbocycles. The lowest BCUT2D eigenvalue weighted by Crippen LogP contribution is -2.56. The Morgan fingerprint density at radius 3 is 2.27 bits per heavy atom. The number of benzene rings is 3. The smallest absolute Gasteiger partial charge is 0.246 e. The van der Waals surface area contributed by atoms with Gasteiger partial charge in [0.2, 0.25) is 17.7 Å². The van der Waals surface area contributed by atoms with Crippen LogP contribution in [-0.4, -0.2) is 90.3 Å². The summed E-state index contributed by atoms with van der Waals surface area (Å²) in [6.45, 7) is 7.01. The summed E-state index contributed by atoms with van der Waals surface area (Å²) in [7, 11) is 5.18. The van der Waals surface area contributed by atoms with Gasteiger partial charge < -0.3 is 25.8 Å². The number of nitrogens with one attached hydrogen (secondary N) is 1. The molecule has 1 heterocycles. The van der Waals surface area contributed by atoms with Crippen LogP contribution in [0.1, 0.15) is 57.6 Å². The number of nitrogens with zero attached hydrogens (tertiary/aromatic N) is 3. The Bertz CT molecular complexity index is 1670. The highest BCUT2D eigenvalue weighted by Crippen LogP contribution is 2.22. The maximum Gasteiger partial charge on any atom is 0.246 e.